The monoisotopic (exact) mass is 382 g/mol. The Balaban J connectivity index is 2.29. The number of unbranched alkanes of at least 4 members (excludes halogenated alkanes) is 3. The van der Waals surface area contributed by atoms with Crippen molar-refractivity contribution >= 4 is 0 Å². The molecule has 0 aromatic carbocycles. The molecule has 2 aliphatic rings. The van der Waals surface area contributed by atoms with Gasteiger partial charge in [-0.05, 0) is 100 Å². The lowest BCUT2D eigenvalue weighted by Crippen LogP contribution is -2.15. The van der Waals surface area contributed by atoms with Crippen LogP contribution in [0, 0.1) is 11.8 Å². The van der Waals surface area contributed by atoms with E-state index in [2.05, 4.69) is 53.7 Å². The Morgan fingerprint density at radius 3 is 2.39 bits per heavy atom. The largest absolute Gasteiger partial charge is 0.207 e. The summed E-state index contributed by atoms with van der Waals surface area (Å²) in [5.74, 6) is 0.814. The molecule has 0 saturated carbocycles. The molecule has 154 valence electrons. The molecule has 0 spiro atoms. The summed E-state index contributed by atoms with van der Waals surface area (Å²) in [6, 6.07) is 0. The molecule has 0 aromatic rings. The molecule has 2 atom stereocenters. The summed E-state index contributed by atoms with van der Waals surface area (Å²) in [5.41, 5.74) is 8.38. The highest BCUT2D eigenvalue weighted by atomic mass is 19.1. The van der Waals surface area contributed by atoms with Gasteiger partial charge in [-0.25, -0.2) is 4.39 Å². The molecule has 28 heavy (non-hydrogen) atoms. The SMILES string of the molecule is CCCCCCC1C\C(C)=C/C=C(F)\C=C\C1C/C(C(C)=C(C)C)=C1C=C/1C. The Labute approximate surface area is 172 Å². The predicted molar refractivity (Wildman–Crippen MR) is 122 cm³/mol. The van der Waals surface area contributed by atoms with Gasteiger partial charge in [0, 0.05) is 0 Å². The Morgan fingerprint density at radius 1 is 1.07 bits per heavy atom. The molecule has 0 heterocycles. The molecule has 0 aliphatic heterocycles. The zero-order valence-corrected chi connectivity index (χ0v) is 18.9. The second-order valence-electron chi connectivity index (χ2n) is 8.95. The predicted octanol–water partition coefficient (Wildman–Crippen LogP) is 8.95. The van der Waals surface area contributed by atoms with Crippen LogP contribution in [-0.2, 0) is 0 Å². The first-order chi connectivity index (χ1) is 13.3. The van der Waals surface area contributed by atoms with Gasteiger partial charge in [0.05, 0.1) is 0 Å². The van der Waals surface area contributed by atoms with Crippen LogP contribution in [0.5, 0.6) is 0 Å². The first-order valence-electron chi connectivity index (χ1n) is 11.1. The van der Waals surface area contributed by atoms with Crippen LogP contribution in [0.25, 0.3) is 0 Å². The lowest BCUT2D eigenvalue weighted by molar-refractivity contribution is 0.349. The highest BCUT2D eigenvalue weighted by Crippen LogP contribution is 2.41. The van der Waals surface area contributed by atoms with E-state index in [-0.39, 0.29) is 5.83 Å². The Morgan fingerprint density at radius 2 is 1.79 bits per heavy atom. The van der Waals surface area contributed by atoms with Crippen molar-refractivity contribution in [3.05, 3.63) is 69.6 Å². The van der Waals surface area contributed by atoms with Crippen LogP contribution in [-0.4, -0.2) is 0 Å². The molecule has 2 unspecified atom stereocenters. The summed E-state index contributed by atoms with van der Waals surface area (Å²) in [4.78, 5) is 0. The Bertz CT molecular complexity index is 732. The van der Waals surface area contributed by atoms with Crippen LogP contribution in [0.3, 0.4) is 0 Å². The van der Waals surface area contributed by atoms with Gasteiger partial charge in [0.2, 0.25) is 0 Å². The summed E-state index contributed by atoms with van der Waals surface area (Å²) in [5, 5.41) is 0. The Hall–Kier alpha value is -1.63. The molecule has 0 amide bonds. The van der Waals surface area contributed by atoms with Crippen molar-refractivity contribution in [2.75, 3.05) is 0 Å². The average molecular weight is 383 g/mol. The molecule has 1 heteroatoms. The molecule has 2 rings (SSSR count). The fourth-order valence-electron chi connectivity index (χ4n) is 4.18. The summed E-state index contributed by atoms with van der Waals surface area (Å²) in [6.45, 7) is 13.3. The number of hydrogen-bond donors (Lipinski definition) is 0. The van der Waals surface area contributed by atoms with E-state index in [0.717, 1.165) is 12.8 Å². The van der Waals surface area contributed by atoms with Crippen molar-refractivity contribution < 1.29 is 4.39 Å². The highest BCUT2D eigenvalue weighted by Gasteiger charge is 2.26. The van der Waals surface area contributed by atoms with Gasteiger partial charge in [-0.3, -0.25) is 0 Å². The van der Waals surface area contributed by atoms with E-state index >= 15 is 0 Å². The zero-order valence-electron chi connectivity index (χ0n) is 18.9. The molecule has 0 nitrogen and oxygen atoms in total. The first kappa shape index (κ1) is 22.7. The van der Waals surface area contributed by atoms with E-state index in [4.69, 9.17) is 0 Å². The van der Waals surface area contributed by atoms with Gasteiger partial charge in [0.15, 0.2) is 0 Å². The minimum Gasteiger partial charge on any atom is -0.207 e. The third-order valence-corrected chi connectivity index (χ3v) is 6.32. The van der Waals surface area contributed by atoms with E-state index in [1.807, 2.05) is 6.08 Å². The molecular weight excluding hydrogens is 343 g/mol. The quantitative estimate of drug-likeness (QED) is 0.367. The minimum atomic E-state index is -0.134. The fourth-order valence-corrected chi connectivity index (χ4v) is 4.18. The maximum Gasteiger partial charge on any atom is 0.122 e. The minimum absolute atomic E-state index is 0.134. The van der Waals surface area contributed by atoms with E-state index in [9.17, 15) is 4.39 Å². The van der Waals surface area contributed by atoms with E-state index < -0.39 is 0 Å². The molecule has 0 bridgehead atoms. The van der Waals surface area contributed by atoms with Gasteiger partial charge in [0.1, 0.15) is 5.83 Å². The van der Waals surface area contributed by atoms with Gasteiger partial charge in [0.25, 0.3) is 0 Å². The van der Waals surface area contributed by atoms with E-state index in [1.54, 1.807) is 12.2 Å². The molecule has 2 aliphatic carbocycles. The second kappa shape index (κ2) is 10.8. The number of hydrogen-bond acceptors (Lipinski definition) is 0. The molecule has 0 N–H and O–H groups in total. The summed E-state index contributed by atoms with van der Waals surface area (Å²) >= 11 is 0. The van der Waals surface area contributed by atoms with Gasteiger partial charge in [-0.2, -0.15) is 0 Å². The maximum atomic E-state index is 14.2. The number of rotatable bonds is 8. The molecule has 0 fully saturated rings. The number of allylic oxidation sites excluding steroid dienone is 12. The topological polar surface area (TPSA) is 0 Å². The van der Waals surface area contributed by atoms with Crippen molar-refractivity contribution in [3.63, 3.8) is 0 Å². The van der Waals surface area contributed by atoms with Gasteiger partial charge in [-0.1, -0.05) is 62.0 Å². The van der Waals surface area contributed by atoms with Crippen molar-refractivity contribution in [1.29, 1.82) is 0 Å². The van der Waals surface area contributed by atoms with E-state index in [0.29, 0.717) is 11.8 Å². The third kappa shape index (κ3) is 6.76. The van der Waals surface area contributed by atoms with E-state index in [1.165, 1.54) is 65.5 Å². The summed E-state index contributed by atoms with van der Waals surface area (Å²) in [7, 11) is 0. The zero-order chi connectivity index (χ0) is 20.7. The van der Waals surface area contributed by atoms with Crippen molar-refractivity contribution in [2.45, 2.75) is 86.5 Å². The maximum absolute atomic E-state index is 14.2. The van der Waals surface area contributed by atoms with Crippen LogP contribution in [0.4, 0.5) is 4.39 Å². The normalized spacial score (nSPS) is 28.6. The van der Waals surface area contributed by atoms with Gasteiger partial charge >= 0.3 is 0 Å². The van der Waals surface area contributed by atoms with Crippen molar-refractivity contribution in [2.24, 2.45) is 11.8 Å². The van der Waals surface area contributed by atoms with Crippen molar-refractivity contribution in [3.8, 4) is 0 Å². The lowest BCUT2D eigenvalue weighted by Gasteiger charge is -2.27. The van der Waals surface area contributed by atoms with Crippen LogP contribution < -0.4 is 0 Å². The molecule has 0 aromatic heterocycles. The smallest absolute Gasteiger partial charge is 0.122 e. The Kier molecular flexibility index (Phi) is 8.73. The van der Waals surface area contributed by atoms with Crippen LogP contribution in [0.15, 0.2) is 69.6 Å². The third-order valence-electron chi connectivity index (χ3n) is 6.32. The molecule has 0 radical (unpaired) electrons. The van der Waals surface area contributed by atoms with Crippen LogP contribution in [0.1, 0.15) is 86.5 Å². The lowest BCUT2D eigenvalue weighted by atomic mass is 9.78. The van der Waals surface area contributed by atoms with Gasteiger partial charge in [-0.15, -0.1) is 0 Å². The fraction of sp³-hybridized carbons (Fsp3) is 0.556. The second-order valence-corrected chi connectivity index (χ2v) is 8.95. The van der Waals surface area contributed by atoms with Gasteiger partial charge < -0.3 is 0 Å². The summed E-state index contributed by atoms with van der Waals surface area (Å²) in [6.07, 6.45) is 18.2. The molecular formula is C27H39F. The van der Waals surface area contributed by atoms with Crippen LogP contribution in [0.2, 0.25) is 0 Å². The molecule has 0 saturated heterocycles. The standard InChI is InChI=1S/C27H39F/c1-7-8-9-10-11-23-16-20(4)12-14-25(28)15-13-24(23)18-27(22(6)19(2)3)26-17-21(26)5/h12-15,17,23-24H,7-11,16,18H2,1-6H3/b15-13+,20-12-,25-14+,27-26+. The first-order valence-corrected chi connectivity index (χ1v) is 11.1. The number of halogens is 1. The highest BCUT2D eigenvalue weighted by molar-refractivity contribution is 5.63. The summed E-state index contributed by atoms with van der Waals surface area (Å²) < 4.78 is 14.2. The van der Waals surface area contributed by atoms with Crippen LogP contribution >= 0.6 is 0 Å². The average Bonchev–Trinajstić information content (AvgIpc) is 3.37. The van der Waals surface area contributed by atoms with Crippen molar-refractivity contribution in [1.82, 2.24) is 0 Å².